The standard InChI is InChI=1S/C14H24N2O4/c1-3-11-9-20-10(2)8-16(11)14(19)15-7-5-4-6-12(15)13(17)18/h10-12H,3-9H2,1-2H3,(H,17,18). The Morgan fingerprint density at radius 1 is 1.30 bits per heavy atom. The topological polar surface area (TPSA) is 70.1 Å². The zero-order valence-electron chi connectivity index (χ0n) is 12.2. The molecule has 6 nitrogen and oxygen atoms in total. The van der Waals surface area contributed by atoms with Crippen LogP contribution in [0.1, 0.15) is 39.5 Å². The first-order chi connectivity index (χ1) is 9.54. The van der Waals surface area contributed by atoms with Gasteiger partial charge in [-0.1, -0.05) is 6.92 Å². The molecule has 2 heterocycles. The van der Waals surface area contributed by atoms with Crippen molar-refractivity contribution in [1.29, 1.82) is 0 Å². The molecule has 2 saturated heterocycles. The number of hydrogen-bond donors (Lipinski definition) is 1. The second-order valence-corrected chi connectivity index (χ2v) is 5.68. The lowest BCUT2D eigenvalue weighted by molar-refractivity contribution is -0.143. The number of piperidine rings is 1. The number of carboxylic acids is 1. The van der Waals surface area contributed by atoms with Crippen LogP contribution in [0.5, 0.6) is 0 Å². The van der Waals surface area contributed by atoms with E-state index in [9.17, 15) is 14.7 Å². The number of amides is 2. The lowest BCUT2D eigenvalue weighted by atomic mass is 10.0. The molecule has 2 fully saturated rings. The predicted molar refractivity (Wildman–Crippen MR) is 73.6 cm³/mol. The van der Waals surface area contributed by atoms with Gasteiger partial charge in [0.05, 0.1) is 18.8 Å². The maximum absolute atomic E-state index is 12.7. The Balaban J connectivity index is 2.12. The van der Waals surface area contributed by atoms with Crippen LogP contribution in [0.15, 0.2) is 0 Å². The maximum atomic E-state index is 12.7. The summed E-state index contributed by atoms with van der Waals surface area (Å²) < 4.78 is 5.59. The Kier molecular flexibility index (Phi) is 4.86. The van der Waals surface area contributed by atoms with Gasteiger partial charge in [-0.2, -0.15) is 0 Å². The zero-order valence-corrected chi connectivity index (χ0v) is 12.2. The number of carbonyl (C=O) groups excluding carboxylic acids is 1. The number of likely N-dealkylation sites (tertiary alicyclic amines) is 1. The highest BCUT2D eigenvalue weighted by Gasteiger charge is 2.38. The molecule has 0 radical (unpaired) electrons. The first kappa shape index (κ1) is 15.1. The number of ether oxygens (including phenoxy) is 1. The highest BCUT2D eigenvalue weighted by Crippen LogP contribution is 2.22. The van der Waals surface area contributed by atoms with E-state index in [1.54, 1.807) is 4.90 Å². The molecule has 2 aliphatic rings. The van der Waals surface area contributed by atoms with Gasteiger partial charge in [-0.15, -0.1) is 0 Å². The molecule has 0 aromatic rings. The molecule has 0 aromatic heterocycles. The van der Waals surface area contributed by atoms with Crippen molar-refractivity contribution in [3.05, 3.63) is 0 Å². The monoisotopic (exact) mass is 284 g/mol. The van der Waals surface area contributed by atoms with Gasteiger partial charge in [0.2, 0.25) is 0 Å². The maximum Gasteiger partial charge on any atom is 0.326 e. The van der Waals surface area contributed by atoms with Crippen LogP contribution >= 0.6 is 0 Å². The van der Waals surface area contributed by atoms with Gasteiger partial charge < -0.3 is 19.6 Å². The van der Waals surface area contributed by atoms with Crippen LogP contribution in [-0.2, 0) is 9.53 Å². The summed E-state index contributed by atoms with van der Waals surface area (Å²) in [5.74, 6) is -0.896. The second-order valence-electron chi connectivity index (χ2n) is 5.68. The number of aliphatic carboxylic acids is 1. The minimum atomic E-state index is -0.896. The van der Waals surface area contributed by atoms with Gasteiger partial charge in [-0.05, 0) is 32.6 Å². The molecule has 0 aromatic carbocycles. The number of rotatable bonds is 2. The van der Waals surface area contributed by atoms with E-state index in [1.165, 1.54) is 4.90 Å². The first-order valence-corrected chi connectivity index (χ1v) is 7.46. The molecule has 0 saturated carbocycles. The lowest BCUT2D eigenvalue weighted by Crippen LogP contribution is -2.59. The van der Waals surface area contributed by atoms with Gasteiger partial charge in [-0.3, -0.25) is 0 Å². The largest absolute Gasteiger partial charge is 0.480 e. The van der Waals surface area contributed by atoms with Crippen molar-refractivity contribution >= 4 is 12.0 Å². The normalized spacial score (nSPS) is 31.2. The van der Waals surface area contributed by atoms with Crippen molar-refractivity contribution in [3.8, 4) is 0 Å². The predicted octanol–water partition coefficient (Wildman–Crippen LogP) is 1.54. The summed E-state index contributed by atoms with van der Waals surface area (Å²) in [4.78, 5) is 27.4. The lowest BCUT2D eigenvalue weighted by Gasteiger charge is -2.43. The Morgan fingerprint density at radius 3 is 2.70 bits per heavy atom. The summed E-state index contributed by atoms with van der Waals surface area (Å²) in [5, 5.41) is 9.29. The second kappa shape index (κ2) is 6.43. The van der Waals surface area contributed by atoms with E-state index in [0.717, 1.165) is 19.3 Å². The Bertz CT molecular complexity index is 374. The quantitative estimate of drug-likeness (QED) is 0.835. The van der Waals surface area contributed by atoms with Crippen molar-refractivity contribution in [1.82, 2.24) is 9.80 Å². The zero-order chi connectivity index (χ0) is 14.7. The van der Waals surface area contributed by atoms with Crippen LogP contribution in [0.4, 0.5) is 4.79 Å². The summed E-state index contributed by atoms with van der Waals surface area (Å²) in [6, 6.07) is -0.763. The summed E-state index contributed by atoms with van der Waals surface area (Å²) >= 11 is 0. The number of morpholine rings is 1. The molecule has 0 spiro atoms. The van der Waals surface area contributed by atoms with Crippen LogP contribution in [0.25, 0.3) is 0 Å². The smallest absolute Gasteiger partial charge is 0.326 e. The molecular formula is C14H24N2O4. The van der Waals surface area contributed by atoms with E-state index in [0.29, 0.717) is 26.1 Å². The Hall–Kier alpha value is -1.30. The summed E-state index contributed by atoms with van der Waals surface area (Å²) in [6.07, 6.45) is 3.14. The van der Waals surface area contributed by atoms with E-state index >= 15 is 0 Å². The van der Waals surface area contributed by atoms with Crippen LogP contribution in [0, 0.1) is 0 Å². The van der Waals surface area contributed by atoms with Gasteiger partial charge in [0.25, 0.3) is 0 Å². The van der Waals surface area contributed by atoms with Gasteiger partial charge in [0, 0.05) is 13.1 Å². The number of hydrogen-bond acceptors (Lipinski definition) is 3. The number of carbonyl (C=O) groups is 2. The Labute approximate surface area is 119 Å². The fourth-order valence-electron chi connectivity index (χ4n) is 3.00. The van der Waals surface area contributed by atoms with Crippen LogP contribution in [-0.4, -0.2) is 64.8 Å². The minimum Gasteiger partial charge on any atom is -0.480 e. The molecule has 2 aliphatic heterocycles. The van der Waals surface area contributed by atoms with E-state index in [4.69, 9.17) is 4.74 Å². The minimum absolute atomic E-state index is 0.00909. The molecular weight excluding hydrogens is 260 g/mol. The molecule has 0 bridgehead atoms. The third-order valence-electron chi connectivity index (χ3n) is 4.22. The van der Waals surface area contributed by atoms with Crippen LogP contribution in [0.3, 0.4) is 0 Å². The number of carboxylic acid groups (broad SMARTS) is 1. The average Bonchev–Trinajstić information content (AvgIpc) is 2.46. The van der Waals surface area contributed by atoms with E-state index in [2.05, 4.69) is 0 Å². The number of nitrogens with zero attached hydrogens (tertiary/aromatic N) is 2. The summed E-state index contributed by atoms with van der Waals surface area (Å²) in [6.45, 7) is 5.58. The van der Waals surface area contributed by atoms with Crippen molar-refractivity contribution in [2.75, 3.05) is 19.7 Å². The Morgan fingerprint density at radius 2 is 2.05 bits per heavy atom. The van der Waals surface area contributed by atoms with Gasteiger partial charge >= 0.3 is 12.0 Å². The molecule has 3 atom stereocenters. The van der Waals surface area contributed by atoms with Gasteiger partial charge in [0.1, 0.15) is 6.04 Å². The molecule has 6 heteroatoms. The van der Waals surface area contributed by atoms with Crippen LogP contribution in [0.2, 0.25) is 0 Å². The molecule has 20 heavy (non-hydrogen) atoms. The molecule has 2 rings (SSSR count). The molecule has 1 N–H and O–H groups in total. The highest BCUT2D eigenvalue weighted by molar-refractivity contribution is 5.83. The first-order valence-electron chi connectivity index (χ1n) is 7.46. The molecule has 2 amide bonds. The van der Waals surface area contributed by atoms with Crippen molar-refractivity contribution in [3.63, 3.8) is 0 Å². The van der Waals surface area contributed by atoms with Gasteiger partial charge in [-0.25, -0.2) is 9.59 Å². The van der Waals surface area contributed by atoms with E-state index in [-0.39, 0.29) is 18.2 Å². The fourth-order valence-corrected chi connectivity index (χ4v) is 3.00. The molecule has 114 valence electrons. The number of urea groups is 1. The third kappa shape index (κ3) is 3.06. The van der Waals surface area contributed by atoms with Crippen molar-refractivity contribution < 1.29 is 19.4 Å². The highest BCUT2D eigenvalue weighted by atomic mass is 16.5. The summed E-state index contributed by atoms with van der Waals surface area (Å²) in [7, 11) is 0. The van der Waals surface area contributed by atoms with E-state index in [1.807, 2.05) is 13.8 Å². The summed E-state index contributed by atoms with van der Waals surface area (Å²) in [5.41, 5.74) is 0. The molecule has 3 unspecified atom stereocenters. The average molecular weight is 284 g/mol. The SMILES string of the molecule is CCC1COC(C)CN1C(=O)N1CCCCC1C(=O)O. The fraction of sp³-hybridized carbons (Fsp3) is 0.857. The van der Waals surface area contributed by atoms with Crippen molar-refractivity contribution in [2.24, 2.45) is 0 Å². The van der Waals surface area contributed by atoms with E-state index < -0.39 is 12.0 Å². The third-order valence-corrected chi connectivity index (χ3v) is 4.22. The van der Waals surface area contributed by atoms with Crippen LogP contribution < -0.4 is 0 Å². The van der Waals surface area contributed by atoms with Gasteiger partial charge in [0.15, 0.2) is 0 Å². The van der Waals surface area contributed by atoms with Crippen molar-refractivity contribution in [2.45, 2.75) is 57.7 Å². The molecule has 0 aliphatic carbocycles.